The summed E-state index contributed by atoms with van der Waals surface area (Å²) in [5, 5.41) is 0. The van der Waals surface area contributed by atoms with Crippen LogP contribution in [-0.2, 0) is 10.8 Å². The van der Waals surface area contributed by atoms with Gasteiger partial charge in [-0.3, -0.25) is 4.21 Å². The van der Waals surface area contributed by atoms with Crippen molar-refractivity contribution in [1.29, 1.82) is 0 Å². The van der Waals surface area contributed by atoms with Gasteiger partial charge in [0, 0.05) is 15.1 Å². The van der Waals surface area contributed by atoms with Crippen LogP contribution in [-0.4, -0.2) is 9.96 Å². The van der Waals surface area contributed by atoms with Crippen LogP contribution in [0, 0.1) is 0 Å². The molecule has 1 nitrogen and oxygen atoms in total. The highest BCUT2D eigenvalue weighted by Gasteiger charge is 2.03. The first-order valence-corrected chi connectivity index (χ1v) is 9.49. The van der Waals surface area contributed by atoms with Crippen LogP contribution in [0.1, 0.15) is 58.3 Å². The van der Waals surface area contributed by atoms with Crippen molar-refractivity contribution in [2.24, 2.45) is 0 Å². The smallest absolute Gasteiger partial charge is 0.0529 e. The van der Waals surface area contributed by atoms with Crippen molar-refractivity contribution in [3.8, 4) is 0 Å². The fourth-order valence-electron chi connectivity index (χ4n) is 2.07. The molecule has 0 aromatic heterocycles. The molecule has 0 heterocycles. The second-order valence-corrected chi connectivity index (χ2v) is 7.46. The van der Waals surface area contributed by atoms with Gasteiger partial charge >= 0.3 is 0 Å². The molecule has 19 heavy (non-hydrogen) atoms. The first-order chi connectivity index (χ1) is 9.24. The summed E-state index contributed by atoms with van der Waals surface area (Å²) < 4.78 is 13.1. The Kier molecular flexibility index (Phi) is 9.44. The number of halogens is 1. The van der Waals surface area contributed by atoms with Crippen molar-refractivity contribution in [2.75, 3.05) is 5.75 Å². The minimum Gasteiger partial charge on any atom is -0.254 e. The molecule has 3 heteroatoms. The number of hydrogen-bond donors (Lipinski definition) is 0. The topological polar surface area (TPSA) is 17.1 Å². The van der Waals surface area contributed by atoms with Gasteiger partial charge in [-0.25, -0.2) is 0 Å². The normalized spacial score (nSPS) is 12.5. The van der Waals surface area contributed by atoms with E-state index in [0.717, 1.165) is 21.5 Å². The van der Waals surface area contributed by atoms with E-state index < -0.39 is 10.8 Å². The summed E-state index contributed by atoms with van der Waals surface area (Å²) in [5.41, 5.74) is 0. The zero-order valence-corrected chi connectivity index (χ0v) is 14.3. The van der Waals surface area contributed by atoms with E-state index >= 15 is 0 Å². The van der Waals surface area contributed by atoms with E-state index in [1.54, 1.807) is 0 Å². The predicted molar refractivity (Wildman–Crippen MR) is 88.0 cm³/mol. The maximum atomic E-state index is 12.0. The van der Waals surface area contributed by atoms with Gasteiger partial charge in [-0.2, -0.15) is 0 Å². The molecule has 1 unspecified atom stereocenters. The van der Waals surface area contributed by atoms with Crippen LogP contribution in [0.3, 0.4) is 0 Å². The van der Waals surface area contributed by atoms with Crippen LogP contribution >= 0.6 is 15.9 Å². The summed E-state index contributed by atoms with van der Waals surface area (Å²) in [4.78, 5) is 0.950. The third-order valence-electron chi connectivity index (χ3n) is 3.26. The zero-order chi connectivity index (χ0) is 13.9. The van der Waals surface area contributed by atoms with Crippen LogP contribution in [0.5, 0.6) is 0 Å². The third kappa shape index (κ3) is 7.88. The monoisotopic (exact) mass is 344 g/mol. The Labute approximate surface area is 128 Å². The highest BCUT2D eigenvalue weighted by atomic mass is 79.9. The van der Waals surface area contributed by atoms with E-state index in [2.05, 4.69) is 22.9 Å². The Hall–Kier alpha value is -0.150. The Morgan fingerprint density at radius 2 is 1.42 bits per heavy atom. The molecule has 108 valence electrons. The quantitative estimate of drug-likeness (QED) is 0.497. The summed E-state index contributed by atoms with van der Waals surface area (Å²) in [7, 11) is -0.823. The lowest BCUT2D eigenvalue weighted by Gasteiger charge is -2.03. The number of benzene rings is 1. The Morgan fingerprint density at radius 1 is 0.895 bits per heavy atom. The van der Waals surface area contributed by atoms with Gasteiger partial charge < -0.3 is 0 Å². The lowest BCUT2D eigenvalue weighted by Crippen LogP contribution is -1.98. The summed E-state index contributed by atoms with van der Waals surface area (Å²) in [6.07, 6.45) is 10.3. The molecule has 0 N–H and O–H groups in total. The maximum Gasteiger partial charge on any atom is 0.0529 e. The summed E-state index contributed by atoms with van der Waals surface area (Å²) in [6.45, 7) is 2.25. The van der Waals surface area contributed by atoms with Gasteiger partial charge in [0.05, 0.1) is 10.8 Å². The molecule has 0 amide bonds. The van der Waals surface area contributed by atoms with Crippen molar-refractivity contribution >= 4 is 26.7 Å². The summed E-state index contributed by atoms with van der Waals surface area (Å²) in [5.74, 6) is 0.802. The van der Waals surface area contributed by atoms with Crippen molar-refractivity contribution in [1.82, 2.24) is 0 Å². The SMILES string of the molecule is CCCCCCCCCCS(=O)c1ccc(Br)cc1. The zero-order valence-electron chi connectivity index (χ0n) is 11.9. The molecule has 1 aromatic rings. The molecule has 0 bridgehead atoms. The van der Waals surface area contributed by atoms with Crippen LogP contribution in [0.4, 0.5) is 0 Å². The Morgan fingerprint density at radius 3 is 2.00 bits per heavy atom. The highest BCUT2D eigenvalue weighted by molar-refractivity contribution is 9.10. The average molecular weight is 345 g/mol. The average Bonchev–Trinajstić information content (AvgIpc) is 2.42. The van der Waals surface area contributed by atoms with Gasteiger partial charge in [0.1, 0.15) is 0 Å². The van der Waals surface area contributed by atoms with Gasteiger partial charge in [0.25, 0.3) is 0 Å². The standard InChI is InChI=1S/C16H25BrOS/c1-2-3-4-5-6-7-8-9-14-19(18)16-12-10-15(17)11-13-16/h10-13H,2-9,14H2,1H3. The van der Waals surface area contributed by atoms with Crippen molar-refractivity contribution < 1.29 is 4.21 Å². The minimum atomic E-state index is -0.823. The Balaban J connectivity index is 2.06. The fraction of sp³-hybridized carbons (Fsp3) is 0.625. The van der Waals surface area contributed by atoms with Gasteiger partial charge in [-0.1, -0.05) is 67.8 Å². The molecule has 0 aliphatic heterocycles. The maximum absolute atomic E-state index is 12.0. The van der Waals surface area contributed by atoms with E-state index in [1.807, 2.05) is 24.3 Å². The molecule has 1 aromatic carbocycles. The minimum absolute atomic E-state index is 0.802. The first-order valence-electron chi connectivity index (χ1n) is 7.38. The Bertz CT molecular complexity index is 362. The first kappa shape index (κ1) is 16.9. The van der Waals surface area contributed by atoms with E-state index in [9.17, 15) is 4.21 Å². The number of unbranched alkanes of at least 4 members (excludes halogenated alkanes) is 7. The fourth-order valence-corrected chi connectivity index (χ4v) is 3.48. The highest BCUT2D eigenvalue weighted by Crippen LogP contribution is 2.15. The molecule has 1 rings (SSSR count). The van der Waals surface area contributed by atoms with Crippen molar-refractivity contribution in [3.05, 3.63) is 28.7 Å². The summed E-state index contributed by atoms with van der Waals surface area (Å²) >= 11 is 3.39. The van der Waals surface area contributed by atoms with Crippen molar-refractivity contribution in [3.63, 3.8) is 0 Å². The second kappa shape index (κ2) is 10.6. The van der Waals surface area contributed by atoms with Crippen LogP contribution in [0.25, 0.3) is 0 Å². The molecule has 0 fully saturated rings. The van der Waals surface area contributed by atoms with Gasteiger partial charge in [-0.05, 0) is 30.7 Å². The molecule has 0 saturated carbocycles. The lowest BCUT2D eigenvalue weighted by atomic mass is 10.1. The second-order valence-electron chi connectivity index (χ2n) is 4.98. The van der Waals surface area contributed by atoms with Crippen LogP contribution < -0.4 is 0 Å². The lowest BCUT2D eigenvalue weighted by molar-refractivity contribution is 0.584. The third-order valence-corrected chi connectivity index (χ3v) is 5.25. The number of rotatable bonds is 10. The molecular weight excluding hydrogens is 320 g/mol. The van der Waals surface area contributed by atoms with Gasteiger partial charge in [0.15, 0.2) is 0 Å². The van der Waals surface area contributed by atoms with Gasteiger partial charge in [0.2, 0.25) is 0 Å². The molecule has 0 saturated heterocycles. The van der Waals surface area contributed by atoms with E-state index in [4.69, 9.17) is 0 Å². The molecule has 1 atom stereocenters. The molecule has 0 aliphatic rings. The molecule has 0 spiro atoms. The van der Waals surface area contributed by atoms with E-state index in [-0.39, 0.29) is 0 Å². The van der Waals surface area contributed by atoms with Gasteiger partial charge in [-0.15, -0.1) is 0 Å². The molecular formula is C16H25BrOS. The van der Waals surface area contributed by atoms with Crippen LogP contribution in [0.15, 0.2) is 33.6 Å². The number of hydrogen-bond acceptors (Lipinski definition) is 1. The van der Waals surface area contributed by atoms with Crippen molar-refractivity contribution in [2.45, 2.75) is 63.2 Å². The van der Waals surface area contributed by atoms with E-state index in [1.165, 1.54) is 44.9 Å². The predicted octanol–water partition coefficient (Wildman–Crippen LogP) is 5.70. The van der Waals surface area contributed by atoms with E-state index in [0.29, 0.717) is 0 Å². The molecule has 0 radical (unpaired) electrons. The molecule has 0 aliphatic carbocycles. The summed E-state index contributed by atoms with van der Waals surface area (Å²) in [6, 6.07) is 7.82. The van der Waals surface area contributed by atoms with Crippen LogP contribution in [0.2, 0.25) is 0 Å². The largest absolute Gasteiger partial charge is 0.254 e.